The molecule has 5 nitrogen and oxygen atoms in total. The van der Waals surface area contributed by atoms with E-state index in [1.165, 1.54) is 24.6 Å². The summed E-state index contributed by atoms with van der Waals surface area (Å²) in [6.07, 6.45) is 1.40. The number of nitrogens with one attached hydrogen (secondary N) is 1. The zero-order chi connectivity index (χ0) is 21.1. The molecule has 156 valence electrons. The number of para-hydroxylation sites is 1. The molecule has 3 aromatic rings. The first-order valence-corrected chi connectivity index (χ1v) is 9.86. The van der Waals surface area contributed by atoms with Gasteiger partial charge in [0.25, 0.3) is 5.91 Å². The van der Waals surface area contributed by atoms with E-state index in [4.69, 9.17) is 0 Å². The number of alkyl halides is 3. The third-order valence-electron chi connectivity index (χ3n) is 5.25. The first-order valence-electron chi connectivity index (χ1n) is 9.86. The second-order valence-corrected chi connectivity index (χ2v) is 7.31. The second kappa shape index (κ2) is 8.30. The highest BCUT2D eigenvalue weighted by atomic mass is 19.4. The Bertz CT molecular complexity index is 1060. The van der Waals surface area contributed by atoms with Gasteiger partial charge in [0.1, 0.15) is 5.82 Å². The van der Waals surface area contributed by atoms with Gasteiger partial charge in [0.05, 0.1) is 16.6 Å². The molecule has 1 N–H and O–H groups in total. The van der Waals surface area contributed by atoms with Gasteiger partial charge in [-0.2, -0.15) is 13.2 Å². The fourth-order valence-corrected chi connectivity index (χ4v) is 3.76. The molecule has 1 aliphatic heterocycles. The third kappa shape index (κ3) is 4.22. The van der Waals surface area contributed by atoms with E-state index in [-0.39, 0.29) is 17.4 Å². The predicted molar refractivity (Wildman–Crippen MR) is 108 cm³/mol. The first kappa shape index (κ1) is 20.1. The van der Waals surface area contributed by atoms with E-state index < -0.39 is 23.2 Å². The van der Waals surface area contributed by atoms with Gasteiger partial charge in [-0.15, -0.1) is 0 Å². The number of anilines is 1. The van der Waals surface area contributed by atoms with Crippen LogP contribution in [0.25, 0.3) is 10.9 Å². The maximum atomic E-state index is 13.7. The number of nitrogens with zero attached hydrogens (tertiary/aromatic N) is 3. The molecule has 0 spiro atoms. The van der Waals surface area contributed by atoms with Crippen LogP contribution in [0.2, 0.25) is 0 Å². The lowest BCUT2D eigenvalue weighted by Gasteiger charge is -2.27. The van der Waals surface area contributed by atoms with E-state index in [2.05, 4.69) is 20.2 Å². The van der Waals surface area contributed by atoms with Crippen LogP contribution in [-0.2, 0) is 12.7 Å². The topological polar surface area (TPSA) is 58.1 Å². The summed E-state index contributed by atoms with van der Waals surface area (Å²) in [6, 6.07) is 9.55. The van der Waals surface area contributed by atoms with Crippen molar-refractivity contribution in [1.82, 2.24) is 15.3 Å². The fraction of sp³-hybridized carbons (Fsp3) is 0.318. The van der Waals surface area contributed by atoms with E-state index in [1.54, 1.807) is 18.3 Å². The lowest BCUT2D eigenvalue weighted by Crippen LogP contribution is -2.30. The standard InChI is InChI=1S/C22H21F3N4O/c23-22(24,25)20-16-6-2-3-7-18(16)27-14-17(20)21(30)28-13-15-8-9-26-19(12-15)29-10-4-1-5-11-29/h2-3,6-9,12,14H,1,4-5,10-11,13H2,(H,28,30). The molecule has 0 unspecified atom stereocenters. The van der Waals surface area contributed by atoms with Gasteiger partial charge in [-0.1, -0.05) is 18.2 Å². The van der Waals surface area contributed by atoms with Crippen LogP contribution in [0.4, 0.5) is 19.0 Å². The fourth-order valence-electron chi connectivity index (χ4n) is 3.76. The minimum absolute atomic E-state index is 0.0889. The van der Waals surface area contributed by atoms with Gasteiger partial charge >= 0.3 is 6.18 Å². The summed E-state index contributed by atoms with van der Waals surface area (Å²) in [4.78, 5) is 23.2. The van der Waals surface area contributed by atoms with Gasteiger partial charge in [0, 0.05) is 37.4 Å². The smallest absolute Gasteiger partial charge is 0.357 e. The number of hydrogen-bond acceptors (Lipinski definition) is 4. The molecule has 0 radical (unpaired) electrons. The molecule has 4 rings (SSSR count). The highest BCUT2D eigenvalue weighted by molar-refractivity contribution is 6.00. The van der Waals surface area contributed by atoms with Gasteiger partial charge < -0.3 is 10.2 Å². The summed E-state index contributed by atoms with van der Waals surface area (Å²) in [7, 11) is 0. The summed E-state index contributed by atoms with van der Waals surface area (Å²) < 4.78 is 41.2. The molecule has 0 aliphatic carbocycles. The van der Waals surface area contributed by atoms with E-state index in [0.29, 0.717) is 0 Å². The van der Waals surface area contributed by atoms with Crippen LogP contribution in [0.3, 0.4) is 0 Å². The number of fused-ring (bicyclic) bond motifs is 1. The number of pyridine rings is 2. The van der Waals surface area contributed by atoms with Crippen LogP contribution in [0, 0.1) is 0 Å². The molecule has 0 atom stereocenters. The molecule has 2 aromatic heterocycles. The van der Waals surface area contributed by atoms with E-state index in [1.807, 2.05) is 6.07 Å². The molecule has 30 heavy (non-hydrogen) atoms. The number of halogens is 3. The first-order chi connectivity index (χ1) is 14.4. The Morgan fingerprint density at radius 2 is 1.83 bits per heavy atom. The Labute approximate surface area is 171 Å². The Balaban J connectivity index is 1.56. The zero-order valence-electron chi connectivity index (χ0n) is 16.2. The molecule has 1 amide bonds. The van der Waals surface area contributed by atoms with Crippen molar-refractivity contribution in [3.8, 4) is 0 Å². The normalized spacial score (nSPS) is 14.7. The molecule has 1 aromatic carbocycles. The number of piperidine rings is 1. The summed E-state index contributed by atoms with van der Waals surface area (Å²) >= 11 is 0. The van der Waals surface area contributed by atoms with Gasteiger partial charge in [0.15, 0.2) is 0 Å². The van der Waals surface area contributed by atoms with Crippen LogP contribution >= 0.6 is 0 Å². The number of benzene rings is 1. The largest absolute Gasteiger partial charge is 0.417 e. The van der Waals surface area contributed by atoms with Crippen LogP contribution in [-0.4, -0.2) is 29.0 Å². The molecule has 0 bridgehead atoms. The highest BCUT2D eigenvalue weighted by Crippen LogP contribution is 2.36. The maximum Gasteiger partial charge on any atom is 0.417 e. The Kier molecular flexibility index (Phi) is 5.57. The molecule has 1 fully saturated rings. The van der Waals surface area contributed by atoms with Crippen LogP contribution < -0.4 is 10.2 Å². The number of amides is 1. The third-order valence-corrected chi connectivity index (χ3v) is 5.25. The van der Waals surface area contributed by atoms with Crippen molar-refractivity contribution < 1.29 is 18.0 Å². The van der Waals surface area contributed by atoms with Crippen molar-refractivity contribution in [1.29, 1.82) is 0 Å². The average molecular weight is 414 g/mol. The lowest BCUT2D eigenvalue weighted by molar-refractivity contribution is -0.136. The Morgan fingerprint density at radius 1 is 1.07 bits per heavy atom. The predicted octanol–water partition coefficient (Wildman–Crippen LogP) is 4.57. The van der Waals surface area contributed by atoms with Crippen LogP contribution in [0.5, 0.6) is 0 Å². The van der Waals surface area contributed by atoms with Gasteiger partial charge in [-0.3, -0.25) is 9.78 Å². The zero-order valence-corrected chi connectivity index (χ0v) is 16.2. The second-order valence-electron chi connectivity index (χ2n) is 7.31. The van der Waals surface area contributed by atoms with E-state index in [0.717, 1.165) is 43.5 Å². The average Bonchev–Trinajstić information content (AvgIpc) is 2.76. The number of rotatable bonds is 4. The highest BCUT2D eigenvalue weighted by Gasteiger charge is 2.37. The maximum absolute atomic E-state index is 13.7. The molecule has 1 aliphatic rings. The minimum atomic E-state index is -4.67. The lowest BCUT2D eigenvalue weighted by atomic mass is 10.0. The van der Waals surface area contributed by atoms with Gasteiger partial charge in [-0.25, -0.2) is 4.98 Å². The SMILES string of the molecule is O=C(NCc1ccnc(N2CCCCC2)c1)c1cnc2ccccc2c1C(F)(F)F. The summed E-state index contributed by atoms with van der Waals surface area (Å²) in [5.74, 6) is 0.0155. The minimum Gasteiger partial charge on any atom is -0.357 e. The quantitative estimate of drug-likeness (QED) is 0.680. The molecule has 8 heteroatoms. The summed E-state index contributed by atoms with van der Waals surface area (Å²) in [5, 5.41) is 2.51. The Morgan fingerprint density at radius 3 is 2.60 bits per heavy atom. The molecule has 3 heterocycles. The van der Waals surface area contributed by atoms with Crippen molar-refractivity contribution in [2.75, 3.05) is 18.0 Å². The molecule has 1 saturated heterocycles. The summed E-state index contributed by atoms with van der Waals surface area (Å²) in [5.41, 5.74) is -0.469. The molecular formula is C22H21F3N4O. The summed E-state index contributed by atoms with van der Waals surface area (Å²) in [6.45, 7) is 1.97. The number of aromatic nitrogens is 2. The molecule has 0 saturated carbocycles. The van der Waals surface area contributed by atoms with Crippen molar-refractivity contribution in [2.24, 2.45) is 0 Å². The van der Waals surface area contributed by atoms with Crippen molar-refractivity contribution >= 4 is 22.6 Å². The van der Waals surface area contributed by atoms with E-state index in [9.17, 15) is 18.0 Å². The number of carbonyl (C=O) groups is 1. The van der Waals surface area contributed by atoms with E-state index >= 15 is 0 Å². The number of hydrogen-bond donors (Lipinski definition) is 1. The van der Waals surface area contributed by atoms with Crippen molar-refractivity contribution in [3.63, 3.8) is 0 Å². The monoisotopic (exact) mass is 414 g/mol. The molecular weight excluding hydrogens is 393 g/mol. The van der Waals surface area contributed by atoms with Gasteiger partial charge in [-0.05, 0) is 43.0 Å². The van der Waals surface area contributed by atoms with Crippen LogP contribution in [0.15, 0.2) is 48.8 Å². The van der Waals surface area contributed by atoms with Crippen LogP contribution in [0.1, 0.15) is 40.7 Å². The van der Waals surface area contributed by atoms with Crippen molar-refractivity contribution in [2.45, 2.75) is 32.0 Å². The van der Waals surface area contributed by atoms with Gasteiger partial charge in [0.2, 0.25) is 0 Å². The van der Waals surface area contributed by atoms with Crippen molar-refractivity contribution in [3.05, 3.63) is 65.5 Å². The number of carbonyl (C=O) groups excluding carboxylic acids is 1. The Hall–Kier alpha value is -3.16.